The van der Waals surface area contributed by atoms with Crippen LogP contribution in [0.3, 0.4) is 0 Å². The number of aromatic nitrogens is 1. The lowest BCUT2D eigenvalue weighted by molar-refractivity contribution is 0.0951. The van der Waals surface area contributed by atoms with Crippen molar-refractivity contribution in [3.05, 3.63) is 94.6 Å². The van der Waals surface area contributed by atoms with Crippen LogP contribution in [0.5, 0.6) is 11.5 Å². The van der Waals surface area contributed by atoms with Crippen molar-refractivity contribution in [3.63, 3.8) is 0 Å². The number of rotatable bonds is 8. The molecule has 0 atom stereocenters. The number of amides is 1. The lowest BCUT2D eigenvalue weighted by Crippen LogP contribution is -2.26. The van der Waals surface area contributed by atoms with Gasteiger partial charge in [-0.1, -0.05) is 41.9 Å². The first kappa shape index (κ1) is 20.8. The normalized spacial score (nSPS) is 10.8. The van der Waals surface area contributed by atoms with Gasteiger partial charge in [0.15, 0.2) is 0 Å². The molecule has 2 N–H and O–H groups in total. The third kappa shape index (κ3) is 5.01. The summed E-state index contributed by atoms with van der Waals surface area (Å²) in [7, 11) is 1.53. The van der Waals surface area contributed by atoms with Crippen LogP contribution in [0, 0.1) is 0 Å². The highest BCUT2D eigenvalue weighted by Gasteiger charge is 2.13. The molecule has 31 heavy (non-hydrogen) atoms. The number of methoxy groups -OCH3 is 1. The maximum absolute atomic E-state index is 12.5. The summed E-state index contributed by atoms with van der Waals surface area (Å²) in [6.07, 6.45) is 2.66. The van der Waals surface area contributed by atoms with Crippen LogP contribution in [0.2, 0.25) is 5.02 Å². The summed E-state index contributed by atoms with van der Waals surface area (Å²) in [5.41, 5.74) is 3.68. The van der Waals surface area contributed by atoms with Gasteiger partial charge in [-0.3, -0.25) is 4.79 Å². The predicted octanol–water partition coefficient (Wildman–Crippen LogP) is 5.38. The number of carbonyl (C=O) groups is 1. The Hall–Kier alpha value is -3.44. The number of hydrogen-bond acceptors (Lipinski definition) is 3. The Morgan fingerprint density at radius 3 is 2.71 bits per heavy atom. The fourth-order valence-electron chi connectivity index (χ4n) is 3.47. The molecule has 1 aromatic heterocycles. The zero-order chi connectivity index (χ0) is 21.6. The Labute approximate surface area is 186 Å². The van der Waals surface area contributed by atoms with E-state index >= 15 is 0 Å². The Kier molecular flexibility index (Phi) is 6.43. The van der Waals surface area contributed by atoms with Gasteiger partial charge in [0.25, 0.3) is 5.91 Å². The average molecular weight is 435 g/mol. The van der Waals surface area contributed by atoms with Crippen molar-refractivity contribution in [2.24, 2.45) is 0 Å². The van der Waals surface area contributed by atoms with Gasteiger partial charge in [-0.25, -0.2) is 0 Å². The standard InChI is InChI=1S/C25H23ClN2O3/c1-30-24-10-7-19(26)13-22(24)25(29)27-12-11-18-15-28-23-14-20(8-9-21(18)23)31-16-17-5-3-2-4-6-17/h2-10,13-15,28H,11-12,16H2,1H3,(H,27,29). The summed E-state index contributed by atoms with van der Waals surface area (Å²) in [6.45, 7) is 1.02. The molecule has 0 fully saturated rings. The molecule has 0 saturated carbocycles. The van der Waals surface area contributed by atoms with Crippen LogP contribution in [-0.4, -0.2) is 24.5 Å². The summed E-state index contributed by atoms with van der Waals surface area (Å²) in [4.78, 5) is 15.8. The summed E-state index contributed by atoms with van der Waals surface area (Å²) in [5.74, 6) is 1.10. The summed E-state index contributed by atoms with van der Waals surface area (Å²) >= 11 is 6.02. The average Bonchev–Trinajstić information content (AvgIpc) is 3.20. The van der Waals surface area contributed by atoms with Crippen LogP contribution in [0.25, 0.3) is 10.9 Å². The molecule has 0 bridgehead atoms. The molecule has 0 aliphatic rings. The number of carbonyl (C=O) groups excluding carboxylic acids is 1. The number of H-pyrrole nitrogens is 1. The molecule has 4 rings (SSSR count). The number of fused-ring (bicyclic) bond motifs is 1. The van der Waals surface area contributed by atoms with E-state index < -0.39 is 0 Å². The van der Waals surface area contributed by atoms with Crippen LogP contribution in [0.4, 0.5) is 0 Å². The number of aromatic amines is 1. The Morgan fingerprint density at radius 2 is 1.90 bits per heavy atom. The smallest absolute Gasteiger partial charge is 0.255 e. The number of hydrogen-bond donors (Lipinski definition) is 2. The molecule has 158 valence electrons. The monoisotopic (exact) mass is 434 g/mol. The minimum atomic E-state index is -0.212. The predicted molar refractivity (Wildman–Crippen MR) is 123 cm³/mol. The van der Waals surface area contributed by atoms with Crippen molar-refractivity contribution in [2.45, 2.75) is 13.0 Å². The molecular formula is C25H23ClN2O3. The van der Waals surface area contributed by atoms with Crippen LogP contribution in [-0.2, 0) is 13.0 Å². The second-order valence-electron chi connectivity index (χ2n) is 7.15. The largest absolute Gasteiger partial charge is 0.496 e. The number of nitrogens with one attached hydrogen (secondary N) is 2. The molecule has 0 spiro atoms. The first-order chi connectivity index (χ1) is 15.1. The molecule has 1 heterocycles. The van der Waals surface area contributed by atoms with E-state index in [0.717, 1.165) is 27.8 Å². The first-order valence-corrected chi connectivity index (χ1v) is 10.4. The van der Waals surface area contributed by atoms with Gasteiger partial charge in [0.05, 0.1) is 12.7 Å². The Balaban J connectivity index is 1.37. The number of benzene rings is 3. The van der Waals surface area contributed by atoms with Crippen LogP contribution in [0.1, 0.15) is 21.5 Å². The molecular weight excluding hydrogens is 412 g/mol. The molecule has 0 unspecified atom stereocenters. The highest BCUT2D eigenvalue weighted by Crippen LogP contribution is 2.25. The fourth-order valence-corrected chi connectivity index (χ4v) is 3.64. The van der Waals surface area contributed by atoms with Crippen molar-refractivity contribution >= 4 is 28.4 Å². The molecule has 0 radical (unpaired) electrons. The van der Waals surface area contributed by atoms with Gasteiger partial charge in [-0.2, -0.15) is 0 Å². The van der Waals surface area contributed by atoms with Gasteiger partial charge in [-0.05, 0) is 47.9 Å². The van der Waals surface area contributed by atoms with Gasteiger partial charge in [0.2, 0.25) is 0 Å². The lowest BCUT2D eigenvalue weighted by atomic mass is 10.1. The molecule has 0 aliphatic heterocycles. The highest BCUT2D eigenvalue weighted by atomic mass is 35.5. The highest BCUT2D eigenvalue weighted by molar-refractivity contribution is 6.31. The summed E-state index contributed by atoms with van der Waals surface area (Å²) < 4.78 is 11.2. The molecule has 0 aliphatic carbocycles. The van der Waals surface area contributed by atoms with E-state index in [1.807, 2.05) is 54.7 Å². The Bertz CT molecular complexity index is 1190. The van der Waals surface area contributed by atoms with E-state index in [2.05, 4.69) is 10.3 Å². The number of ether oxygens (including phenoxy) is 2. The van der Waals surface area contributed by atoms with Crippen molar-refractivity contribution in [2.75, 3.05) is 13.7 Å². The zero-order valence-corrected chi connectivity index (χ0v) is 17.9. The maximum Gasteiger partial charge on any atom is 0.255 e. The molecule has 3 aromatic carbocycles. The molecule has 1 amide bonds. The van der Waals surface area contributed by atoms with Crippen molar-refractivity contribution in [3.8, 4) is 11.5 Å². The molecule has 6 heteroatoms. The SMILES string of the molecule is COc1ccc(Cl)cc1C(=O)NCCc1c[nH]c2cc(OCc3ccccc3)ccc12. The molecule has 0 saturated heterocycles. The van der Waals surface area contributed by atoms with E-state index in [-0.39, 0.29) is 5.91 Å². The molecule has 5 nitrogen and oxygen atoms in total. The number of halogens is 1. The van der Waals surface area contributed by atoms with Crippen LogP contribution in [0.15, 0.2) is 72.9 Å². The minimum absolute atomic E-state index is 0.212. The van der Waals surface area contributed by atoms with Gasteiger partial charge in [0.1, 0.15) is 18.1 Å². The zero-order valence-electron chi connectivity index (χ0n) is 17.2. The van der Waals surface area contributed by atoms with E-state index in [1.165, 1.54) is 7.11 Å². The second kappa shape index (κ2) is 9.58. The van der Waals surface area contributed by atoms with Gasteiger partial charge >= 0.3 is 0 Å². The molecule has 4 aromatic rings. The fraction of sp³-hybridized carbons (Fsp3) is 0.160. The van der Waals surface area contributed by atoms with E-state index in [4.69, 9.17) is 21.1 Å². The van der Waals surface area contributed by atoms with E-state index in [0.29, 0.717) is 35.9 Å². The Morgan fingerprint density at radius 1 is 1.06 bits per heavy atom. The van der Waals surface area contributed by atoms with Crippen LogP contribution >= 0.6 is 11.6 Å². The maximum atomic E-state index is 12.5. The van der Waals surface area contributed by atoms with Crippen molar-refractivity contribution in [1.82, 2.24) is 10.3 Å². The van der Waals surface area contributed by atoms with Gasteiger partial charge in [0, 0.05) is 34.7 Å². The van der Waals surface area contributed by atoms with Crippen LogP contribution < -0.4 is 14.8 Å². The van der Waals surface area contributed by atoms with Gasteiger partial charge < -0.3 is 19.8 Å². The summed E-state index contributed by atoms with van der Waals surface area (Å²) in [6, 6.07) is 21.1. The lowest BCUT2D eigenvalue weighted by Gasteiger charge is -2.10. The third-order valence-electron chi connectivity index (χ3n) is 5.07. The minimum Gasteiger partial charge on any atom is -0.496 e. The van der Waals surface area contributed by atoms with E-state index in [1.54, 1.807) is 18.2 Å². The van der Waals surface area contributed by atoms with Crippen molar-refractivity contribution in [1.29, 1.82) is 0 Å². The quantitative estimate of drug-likeness (QED) is 0.391. The van der Waals surface area contributed by atoms with Gasteiger partial charge in [-0.15, -0.1) is 0 Å². The first-order valence-electron chi connectivity index (χ1n) is 10.0. The summed E-state index contributed by atoms with van der Waals surface area (Å²) in [5, 5.41) is 4.54. The topological polar surface area (TPSA) is 63.3 Å². The third-order valence-corrected chi connectivity index (χ3v) is 5.31. The second-order valence-corrected chi connectivity index (χ2v) is 7.58. The van der Waals surface area contributed by atoms with E-state index in [9.17, 15) is 4.79 Å². The van der Waals surface area contributed by atoms with Crippen molar-refractivity contribution < 1.29 is 14.3 Å².